The molecule has 2 heteroatoms. The summed E-state index contributed by atoms with van der Waals surface area (Å²) in [4.78, 5) is 2.33. The van der Waals surface area contributed by atoms with Gasteiger partial charge in [-0.15, -0.1) is 0 Å². The molecule has 0 saturated heterocycles. The van der Waals surface area contributed by atoms with Crippen molar-refractivity contribution in [3.63, 3.8) is 0 Å². The minimum atomic E-state index is 0.741. The molecule has 1 aromatic heterocycles. The lowest BCUT2D eigenvalue weighted by Crippen LogP contribution is -2.21. The van der Waals surface area contributed by atoms with E-state index in [2.05, 4.69) is 200 Å². The van der Waals surface area contributed by atoms with Crippen molar-refractivity contribution < 1.29 is 4.42 Å². The van der Waals surface area contributed by atoms with Gasteiger partial charge < -0.3 is 9.32 Å². The average molecular weight is 742 g/mol. The number of rotatable bonds is 8. The van der Waals surface area contributed by atoms with Gasteiger partial charge in [-0.3, -0.25) is 0 Å². The van der Waals surface area contributed by atoms with Gasteiger partial charge in [0.15, 0.2) is 0 Å². The molecule has 0 bridgehead atoms. The molecule has 274 valence electrons. The van der Waals surface area contributed by atoms with E-state index in [9.17, 15) is 0 Å². The summed E-state index contributed by atoms with van der Waals surface area (Å²) < 4.78 is 6.33. The Labute approximate surface area is 338 Å². The van der Waals surface area contributed by atoms with Crippen molar-refractivity contribution in [2.75, 3.05) is 4.90 Å². The number of anilines is 3. The zero-order valence-corrected chi connectivity index (χ0v) is 32.0. The van der Waals surface area contributed by atoms with E-state index in [1.54, 1.807) is 0 Å². The first-order valence-corrected chi connectivity index (χ1v) is 19.6. The summed E-state index contributed by atoms with van der Waals surface area (Å²) >= 11 is 0. The zero-order chi connectivity index (χ0) is 39.0. The fourth-order valence-electron chi connectivity index (χ4n) is 8.23. The van der Waals surface area contributed by atoms with Gasteiger partial charge in [0, 0.05) is 33.2 Å². The van der Waals surface area contributed by atoms with Crippen molar-refractivity contribution in [1.29, 1.82) is 0 Å². The van der Waals surface area contributed by atoms with Crippen LogP contribution in [0.15, 0.2) is 223 Å². The van der Waals surface area contributed by atoms with Gasteiger partial charge in [-0.05, 0) is 121 Å². The number of benzene rings is 9. The monoisotopic (exact) mass is 741 g/mol. The molecule has 0 amide bonds. The number of fused-ring (bicyclic) bond motifs is 4. The molecule has 0 atom stereocenters. The second kappa shape index (κ2) is 14.8. The lowest BCUT2D eigenvalue weighted by Gasteiger charge is -2.26. The average Bonchev–Trinajstić information content (AvgIpc) is 3.63. The molecule has 0 N–H and O–H groups in total. The second-order valence-electron chi connectivity index (χ2n) is 14.7. The first kappa shape index (κ1) is 34.8. The highest BCUT2D eigenvalue weighted by molar-refractivity contribution is 6.08. The van der Waals surface area contributed by atoms with Crippen LogP contribution in [0.4, 0.5) is 17.1 Å². The van der Waals surface area contributed by atoms with Gasteiger partial charge in [0.1, 0.15) is 11.0 Å². The van der Waals surface area contributed by atoms with Gasteiger partial charge in [0.25, 0.3) is 0 Å². The van der Waals surface area contributed by atoms with Crippen LogP contribution in [0.3, 0.4) is 0 Å². The van der Waals surface area contributed by atoms with Crippen LogP contribution in [0.5, 0.6) is 0 Å². The Balaban J connectivity index is 1.09. The SMILES string of the molecule is C=C/C(c1ccc(N(c2ccc(-c3cc(-c4ccccc4)cc(-c4ccccc4)c3)cc2)c2ccc3c(ccc4ccccc43)c2)cc1)=c1/oc2ccccc2c1=C. The van der Waals surface area contributed by atoms with E-state index < -0.39 is 0 Å². The van der Waals surface area contributed by atoms with Crippen LogP contribution in [0, 0.1) is 0 Å². The van der Waals surface area contributed by atoms with Crippen LogP contribution in [0.25, 0.3) is 78.0 Å². The third-order valence-corrected chi connectivity index (χ3v) is 11.2. The minimum absolute atomic E-state index is 0.741. The zero-order valence-electron chi connectivity index (χ0n) is 32.0. The number of furan rings is 1. The molecule has 0 aliphatic carbocycles. The largest absolute Gasteiger partial charge is 0.455 e. The minimum Gasteiger partial charge on any atom is -0.455 e. The van der Waals surface area contributed by atoms with Crippen LogP contribution in [0.2, 0.25) is 0 Å². The molecule has 1 heterocycles. The van der Waals surface area contributed by atoms with Crippen molar-refractivity contribution in [2.24, 2.45) is 0 Å². The molecule has 9 aromatic carbocycles. The quantitative estimate of drug-likeness (QED) is 0.144. The summed E-state index contributed by atoms with van der Waals surface area (Å²) in [6.45, 7) is 8.54. The summed E-state index contributed by atoms with van der Waals surface area (Å²) in [5, 5.41) is 6.79. The van der Waals surface area contributed by atoms with Gasteiger partial charge in [-0.2, -0.15) is 0 Å². The second-order valence-corrected chi connectivity index (χ2v) is 14.7. The van der Waals surface area contributed by atoms with Crippen molar-refractivity contribution in [1.82, 2.24) is 0 Å². The number of para-hydroxylation sites is 1. The van der Waals surface area contributed by atoms with E-state index in [4.69, 9.17) is 4.42 Å². The Morgan fingerprint density at radius 2 is 0.914 bits per heavy atom. The van der Waals surface area contributed by atoms with Crippen molar-refractivity contribution >= 4 is 61.7 Å². The maximum atomic E-state index is 6.33. The molecule has 0 radical (unpaired) electrons. The lowest BCUT2D eigenvalue weighted by atomic mass is 9.93. The maximum absolute atomic E-state index is 6.33. The van der Waals surface area contributed by atoms with Crippen LogP contribution in [-0.2, 0) is 0 Å². The first-order valence-electron chi connectivity index (χ1n) is 19.6. The Morgan fingerprint density at radius 3 is 1.53 bits per heavy atom. The van der Waals surface area contributed by atoms with Gasteiger partial charge in [0.05, 0.1) is 0 Å². The predicted octanol–water partition coefficient (Wildman–Crippen LogP) is 14.0. The van der Waals surface area contributed by atoms with Crippen LogP contribution >= 0.6 is 0 Å². The number of hydrogen-bond acceptors (Lipinski definition) is 2. The van der Waals surface area contributed by atoms with Crippen LogP contribution in [-0.4, -0.2) is 0 Å². The van der Waals surface area contributed by atoms with Crippen molar-refractivity contribution in [2.45, 2.75) is 0 Å². The van der Waals surface area contributed by atoms with Gasteiger partial charge in [-0.25, -0.2) is 0 Å². The topological polar surface area (TPSA) is 16.4 Å². The lowest BCUT2D eigenvalue weighted by molar-refractivity contribution is 0.573. The molecule has 0 spiro atoms. The Kier molecular flexibility index (Phi) is 8.85. The molecule has 10 aromatic rings. The molecular weight excluding hydrogens is 703 g/mol. The standard InChI is InChI=1S/C56H39NO/c1-3-51(56-38(2)52-19-12-13-21-55(52)58-56)43-26-30-49(31-27-43)57(50-32-33-54-44(37-50)23-22-42-18-10-11-20-53(42)54)48-28-24-41(25-29-48)47-35-45(39-14-6-4-7-15-39)34-46(36-47)40-16-8-5-9-17-40/h3-37H,1-2H2/b56-51-. The summed E-state index contributed by atoms with van der Waals surface area (Å²) in [5.41, 5.74) is 13.7. The van der Waals surface area contributed by atoms with Gasteiger partial charge in [0.2, 0.25) is 0 Å². The molecule has 0 aliphatic rings. The highest BCUT2D eigenvalue weighted by Gasteiger charge is 2.16. The summed E-state index contributed by atoms with van der Waals surface area (Å²) in [6.07, 6.45) is 1.86. The van der Waals surface area contributed by atoms with E-state index in [0.29, 0.717) is 0 Å². The fraction of sp³-hybridized carbons (Fsp3) is 0. The Hall–Kier alpha value is -7.68. The smallest absolute Gasteiger partial charge is 0.142 e. The van der Waals surface area contributed by atoms with E-state index in [-0.39, 0.29) is 0 Å². The highest BCUT2D eigenvalue weighted by Crippen LogP contribution is 2.40. The molecular formula is C56H39NO. The summed E-state index contributed by atoms with van der Waals surface area (Å²) in [5.74, 6) is 0. The van der Waals surface area contributed by atoms with E-state index >= 15 is 0 Å². The Morgan fingerprint density at radius 1 is 0.414 bits per heavy atom. The molecule has 2 nitrogen and oxygen atoms in total. The molecule has 0 aliphatic heterocycles. The molecule has 58 heavy (non-hydrogen) atoms. The van der Waals surface area contributed by atoms with Crippen LogP contribution < -0.4 is 15.5 Å². The van der Waals surface area contributed by atoms with Gasteiger partial charge >= 0.3 is 0 Å². The van der Waals surface area contributed by atoms with Crippen LogP contribution in [0.1, 0.15) is 5.56 Å². The van der Waals surface area contributed by atoms with Crippen molar-refractivity contribution in [3.05, 3.63) is 235 Å². The number of hydrogen-bond donors (Lipinski definition) is 0. The van der Waals surface area contributed by atoms with E-state index in [0.717, 1.165) is 55.4 Å². The highest BCUT2D eigenvalue weighted by atomic mass is 16.3. The molecule has 10 rings (SSSR count). The molecule has 0 fully saturated rings. The normalized spacial score (nSPS) is 11.9. The molecule has 0 saturated carbocycles. The fourth-order valence-corrected chi connectivity index (χ4v) is 8.23. The van der Waals surface area contributed by atoms with E-state index in [1.807, 2.05) is 30.3 Å². The third-order valence-electron chi connectivity index (χ3n) is 11.2. The Bertz CT molecular complexity index is 3180. The predicted molar refractivity (Wildman–Crippen MR) is 246 cm³/mol. The summed E-state index contributed by atoms with van der Waals surface area (Å²) in [7, 11) is 0. The van der Waals surface area contributed by atoms with Gasteiger partial charge in [-0.1, -0.05) is 165 Å². The van der Waals surface area contributed by atoms with Crippen molar-refractivity contribution in [3.8, 4) is 33.4 Å². The van der Waals surface area contributed by atoms with E-state index in [1.165, 1.54) is 49.4 Å². The third kappa shape index (κ3) is 6.37. The number of allylic oxidation sites excluding steroid dienone is 1. The number of nitrogens with zero attached hydrogens (tertiary/aromatic N) is 1. The first-order chi connectivity index (χ1) is 28.6. The summed E-state index contributed by atoms with van der Waals surface area (Å²) in [6, 6.07) is 73.6. The molecule has 0 unspecified atom stereocenters. The maximum Gasteiger partial charge on any atom is 0.142 e.